The lowest BCUT2D eigenvalue weighted by Gasteiger charge is -2.12. The van der Waals surface area contributed by atoms with E-state index in [1.54, 1.807) is 31.4 Å². The zero-order valence-corrected chi connectivity index (χ0v) is 18.1. The van der Waals surface area contributed by atoms with Gasteiger partial charge in [0, 0.05) is 19.2 Å². The number of sulfonamides is 1. The van der Waals surface area contributed by atoms with Crippen molar-refractivity contribution < 1.29 is 22.7 Å². The lowest BCUT2D eigenvalue weighted by atomic mass is 10.1. The van der Waals surface area contributed by atoms with Crippen molar-refractivity contribution in [3.63, 3.8) is 0 Å². The van der Waals surface area contributed by atoms with E-state index in [4.69, 9.17) is 9.47 Å². The van der Waals surface area contributed by atoms with Crippen LogP contribution >= 0.6 is 0 Å². The number of methoxy groups -OCH3 is 2. The summed E-state index contributed by atoms with van der Waals surface area (Å²) in [6, 6.07) is 20.2. The lowest BCUT2D eigenvalue weighted by molar-refractivity contribution is 0.0950. The van der Waals surface area contributed by atoms with Gasteiger partial charge < -0.3 is 14.8 Å². The van der Waals surface area contributed by atoms with E-state index in [0.717, 1.165) is 11.1 Å². The molecule has 0 aliphatic rings. The van der Waals surface area contributed by atoms with E-state index in [1.165, 1.54) is 31.4 Å². The summed E-state index contributed by atoms with van der Waals surface area (Å²) in [4.78, 5) is 12.5. The van der Waals surface area contributed by atoms with E-state index in [-0.39, 0.29) is 10.8 Å². The molecule has 31 heavy (non-hydrogen) atoms. The zero-order chi connectivity index (χ0) is 22.3. The normalized spacial score (nSPS) is 11.0. The van der Waals surface area contributed by atoms with Crippen molar-refractivity contribution in [3.05, 3.63) is 89.5 Å². The topological polar surface area (TPSA) is 93.7 Å². The third-order valence-corrected chi connectivity index (χ3v) is 6.02. The number of hydrogen-bond acceptors (Lipinski definition) is 5. The zero-order valence-electron chi connectivity index (χ0n) is 17.3. The minimum atomic E-state index is -3.83. The van der Waals surface area contributed by atoms with Crippen molar-refractivity contribution >= 4 is 21.6 Å². The van der Waals surface area contributed by atoms with Gasteiger partial charge in [-0.25, -0.2) is 8.42 Å². The molecule has 0 unspecified atom stereocenters. The number of carbonyl (C=O) groups is 1. The van der Waals surface area contributed by atoms with Gasteiger partial charge in [0.05, 0.1) is 24.3 Å². The summed E-state index contributed by atoms with van der Waals surface area (Å²) in [5.74, 6) is 0.115. The Labute approximate surface area is 182 Å². The number of rotatable bonds is 9. The number of hydrogen-bond donors (Lipinski definition) is 2. The number of carbonyl (C=O) groups excluding carboxylic acids is 1. The van der Waals surface area contributed by atoms with E-state index < -0.39 is 10.0 Å². The van der Waals surface area contributed by atoms with Crippen LogP contribution in [0.5, 0.6) is 5.75 Å². The number of anilines is 1. The maximum Gasteiger partial charge on any atom is 0.262 e. The van der Waals surface area contributed by atoms with Crippen LogP contribution in [0.4, 0.5) is 5.69 Å². The first kappa shape index (κ1) is 22.3. The van der Waals surface area contributed by atoms with E-state index in [9.17, 15) is 13.2 Å². The molecule has 0 aliphatic heterocycles. The fourth-order valence-corrected chi connectivity index (χ4v) is 4.09. The van der Waals surface area contributed by atoms with E-state index in [2.05, 4.69) is 10.0 Å². The predicted molar refractivity (Wildman–Crippen MR) is 119 cm³/mol. The van der Waals surface area contributed by atoms with Gasteiger partial charge in [0.15, 0.2) is 0 Å². The average Bonchev–Trinajstić information content (AvgIpc) is 2.78. The van der Waals surface area contributed by atoms with Crippen LogP contribution in [0.3, 0.4) is 0 Å². The molecule has 7 nitrogen and oxygen atoms in total. The summed E-state index contributed by atoms with van der Waals surface area (Å²) in [7, 11) is -0.746. The van der Waals surface area contributed by atoms with Crippen LogP contribution in [0.25, 0.3) is 0 Å². The Kier molecular flexibility index (Phi) is 7.28. The highest BCUT2D eigenvalue weighted by atomic mass is 32.2. The van der Waals surface area contributed by atoms with Crippen LogP contribution in [0.15, 0.2) is 77.7 Å². The molecule has 0 atom stereocenters. The molecule has 0 aliphatic carbocycles. The van der Waals surface area contributed by atoms with Crippen LogP contribution in [0.1, 0.15) is 21.5 Å². The molecule has 162 valence electrons. The van der Waals surface area contributed by atoms with Gasteiger partial charge in [0.2, 0.25) is 0 Å². The highest BCUT2D eigenvalue weighted by Crippen LogP contribution is 2.26. The summed E-state index contributed by atoms with van der Waals surface area (Å²) in [5.41, 5.74) is 2.65. The first-order valence-corrected chi connectivity index (χ1v) is 11.0. The lowest BCUT2D eigenvalue weighted by Crippen LogP contribution is -2.23. The highest BCUT2D eigenvalue weighted by Gasteiger charge is 2.17. The van der Waals surface area contributed by atoms with Gasteiger partial charge in [-0.3, -0.25) is 9.52 Å². The van der Waals surface area contributed by atoms with Gasteiger partial charge in [-0.2, -0.15) is 0 Å². The first-order chi connectivity index (χ1) is 14.9. The predicted octanol–water partition coefficient (Wildman–Crippen LogP) is 3.57. The van der Waals surface area contributed by atoms with Crippen molar-refractivity contribution in [3.8, 4) is 5.75 Å². The molecule has 3 aromatic rings. The Hall–Kier alpha value is -3.36. The fourth-order valence-electron chi connectivity index (χ4n) is 3.02. The Morgan fingerprint density at radius 2 is 1.52 bits per heavy atom. The summed E-state index contributed by atoms with van der Waals surface area (Å²) < 4.78 is 38.2. The maximum absolute atomic E-state index is 12.7. The van der Waals surface area contributed by atoms with E-state index in [1.807, 2.05) is 24.3 Å². The van der Waals surface area contributed by atoms with Crippen molar-refractivity contribution in [2.24, 2.45) is 0 Å². The Morgan fingerprint density at radius 3 is 2.19 bits per heavy atom. The molecule has 2 N–H and O–H groups in total. The van der Waals surface area contributed by atoms with Gasteiger partial charge in [0.25, 0.3) is 15.9 Å². The van der Waals surface area contributed by atoms with Crippen LogP contribution in [-0.2, 0) is 27.9 Å². The second-order valence-corrected chi connectivity index (χ2v) is 8.40. The van der Waals surface area contributed by atoms with E-state index >= 15 is 0 Å². The molecular formula is C23H24N2O5S. The number of benzene rings is 3. The number of para-hydroxylation sites is 2. The number of nitrogens with one attached hydrogen (secondary N) is 2. The highest BCUT2D eigenvalue weighted by molar-refractivity contribution is 7.92. The van der Waals surface area contributed by atoms with Crippen molar-refractivity contribution in [1.82, 2.24) is 5.32 Å². The first-order valence-electron chi connectivity index (χ1n) is 9.54. The van der Waals surface area contributed by atoms with Crippen LogP contribution in [0, 0.1) is 0 Å². The van der Waals surface area contributed by atoms with Crippen LogP contribution in [-0.4, -0.2) is 28.5 Å². The second kappa shape index (κ2) is 10.1. The SMILES string of the molecule is COCc1ccccc1CNC(=O)c1ccc(S(=O)(=O)Nc2ccccc2OC)cc1. The molecule has 3 aromatic carbocycles. The molecule has 0 saturated heterocycles. The molecule has 0 fully saturated rings. The Morgan fingerprint density at radius 1 is 0.871 bits per heavy atom. The molecule has 0 heterocycles. The van der Waals surface area contributed by atoms with Crippen molar-refractivity contribution in [2.75, 3.05) is 18.9 Å². The largest absolute Gasteiger partial charge is 0.495 e. The molecule has 1 amide bonds. The van der Waals surface area contributed by atoms with Gasteiger partial charge in [-0.15, -0.1) is 0 Å². The standard InChI is InChI=1S/C23H24N2O5S/c1-29-16-19-8-4-3-7-18(19)15-24-23(26)17-11-13-20(14-12-17)31(27,28)25-21-9-5-6-10-22(21)30-2/h3-14,25H,15-16H2,1-2H3,(H,24,26). The molecule has 0 spiro atoms. The minimum absolute atomic E-state index is 0.0420. The molecule has 0 saturated carbocycles. The third-order valence-electron chi connectivity index (χ3n) is 4.64. The maximum atomic E-state index is 12.7. The molecule has 0 bridgehead atoms. The summed E-state index contributed by atoms with van der Waals surface area (Å²) in [6.07, 6.45) is 0. The molecule has 8 heteroatoms. The monoisotopic (exact) mass is 440 g/mol. The number of amides is 1. The Balaban J connectivity index is 1.68. The van der Waals surface area contributed by atoms with Gasteiger partial charge in [-0.1, -0.05) is 36.4 Å². The minimum Gasteiger partial charge on any atom is -0.495 e. The average molecular weight is 441 g/mol. The van der Waals surface area contributed by atoms with E-state index in [0.29, 0.717) is 30.2 Å². The van der Waals surface area contributed by atoms with Gasteiger partial charge >= 0.3 is 0 Å². The van der Waals surface area contributed by atoms with Crippen molar-refractivity contribution in [1.29, 1.82) is 0 Å². The Bertz CT molecular complexity index is 1140. The smallest absolute Gasteiger partial charge is 0.262 e. The number of ether oxygens (including phenoxy) is 2. The van der Waals surface area contributed by atoms with Gasteiger partial charge in [0.1, 0.15) is 5.75 Å². The molecule has 0 aromatic heterocycles. The molecule has 0 radical (unpaired) electrons. The van der Waals surface area contributed by atoms with Crippen LogP contribution in [0.2, 0.25) is 0 Å². The summed E-state index contributed by atoms with van der Waals surface area (Å²) in [6.45, 7) is 0.797. The quantitative estimate of drug-likeness (QED) is 0.531. The second-order valence-electron chi connectivity index (χ2n) is 6.71. The fraction of sp³-hybridized carbons (Fsp3) is 0.174. The third kappa shape index (κ3) is 5.62. The summed E-state index contributed by atoms with van der Waals surface area (Å²) >= 11 is 0. The summed E-state index contributed by atoms with van der Waals surface area (Å²) in [5, 5.41) is 2.85. The molecule has 3 rings (SSSR count). The van der Waals surface area contributed by atoms with Gasteiger partial charge in [-0.05, 0) is 47.5 Å². The van der Waals surface area contributed by atoms with Crippen molar-refractivity contribution in [2.45, 2.75) is 18.0 Å². The molecular weight excluding hydrogens is 416 g/mol. The van der Waals surface area contributed by atoms with Crippen LogP contribution < -0.4 is 14.8 Å².